The van der Waals surface area contributed by atoms with Crippen molar-refractivity contribution in [1.82, 2.24) is 14.7 Å². The van der Waals surface area contributed by atoms with Crippen molar-refractivity contribution in [2.45, 2.75) is 20.0 Å². The fourth-order valence-corrected chi connectivity index (χ4v) is 3.40. The molecule has 26 heavy (non-hydrogen) atoms. The van der Waals surface area contributed by atoms with E-state index in [0.717, 1.165) is 37.4 Å². The molecule has 1 fully saturated rings. The number of halogens is 1. The van der Waals surface area contributed by atoms with Crippen molar-refractivity contribution < 1.29 is 5.11 Å². The Kier molecular flexibility index (Phi) is 5.38. The first-order valence-electron chi connectivity index (χ1n) is 8.64. The summed E-state index contributed by atoms with van der Waals surface area (Å²) in [5, 5.41) is 17.6. The van der Waals surface area contributed by atoms with E-state index in [-0.39, 0.29) is 16.7 Å². The van der Waals surface area contributed by atoms with Crippen LogP contribution in [-0.4, -0.2) is 52.1 Å². The normalized spacial score (nSPS) is 16.5. The van der Waals surface area contributed by atoms with Crippen molar-refractivity contribution >= 4 is 23.0 Å². The second-order valence-electron chi connectivity index (χ2n) is 6.64. The maximum Gasteiger partial charge on any atom is 0.287 e. The van der Waals surface area contributed by atoms with E-state index >= 15 is 0 Å². The summed E-state index contributed by atoms with van der Waals surface area (Å²) in [6, 6.07) is 5.76. The van der Waals surface area contributed by atoms with Gasteiger partial charge in [0.2, 0.25) is 0 Å². The molecule has 1 atom stereocenters. The van der Waals surface area contributed by atoms with Gasteiger partial charge < -0.3 is 15.3 Å². The zero-order valence-electron chi connectivity index (χ0n) is 15.2. The number of piperazine rings is 1. The molecule has 0 radical (unpaired) electrons. The Morgan fingerprint density at radius 3 is 2.62 bits per heavy atom. The number of phenolic OH excluding ortho intramolecular Hbond substituents is 1. The highest BCUT2D eigenvalue weighted by Gasteiger charge is 2.23. The van der Waals surface area contributed by atoms with Gasteiger partial charge in [0.05, 0.1) is 23.7 Å². The van der Waals surface area contributed by atoms with Crippen LogP contribution in [0.4, 0.5) is 11.4 Å². The zero-order chi connectivity index (χ0) is 18.8. The highest BCUT2D eigenvalue weighted by atomic mass is 35.5. The Morgan fingerprint density at radius 1 is 1.27 bits per heavy atom. The van der Waals surface area contributed by atoms with Gasteiger partial charge in [-0.3, -0.25) is 9.69 Å². The average molecular weight is 378 g/mol. The lowest BCUT2D eigenvalue weighted by Gasteiger charge is -2.39. The van der Waals surface area contributed by atoms with Gasteiger partial charge in [-0.05, 0) is 31.5 Å². The molecular weight excluding hydrogens is 354 g/mol. The quantitative estimate of drug-likeness (QED) is 0.849. The van der Waals surface area contributed by atoms with Gasteiger partial charge in [0, 0.05) is 33.2 Å². The van der Waals surface area contributed by atoms with Gasteiger partial charge in [-0.2, -0.15) is 5.10 Å². The highest BCUT2D eigenvalue weighted by molar-refractivity contribution is 6.32. The van der Waals surface area contributed by atoms with Crippen LogP contribution in [0.15, 0.2) is 29.2 Å². The lowest BCUT2D eigenvalue weighted by atomic mass is 10.1. The number of hydrogen-bond acceptors (Lipinski definition) is 6. The molecule has 140 valence electrons. The van der Waals surface area contributed by atoms with Crippen LogP contribution in [0.2, 0.25) is 5.02 Å². The van der Waals surface area contributed by atoms with Gasteiger partial charge in [-0.1, -0.05) is 17.7 Å². The van der Waals surface area contributed by atoms with Gasteiger partial charge >= 0.3 is 0 Å². The van der Waals surface area contributed by atoms with E-state index in [2.05, 4.69) is 20.2 Å². The Balaban J connectivity index is 1.63. The van der Waals surface area contributed by atoms with E-state index < -0.39 is 0 Å². The summed E-state index contributed by atoms with van der Waals surface area (Å²) in [5.41, 5.74) is 2.14. The van der Waals surface area contributed by atoms with Gasteiger partial charge in [-0.25, -0.2) is 4.68 Å². The Hall–Kier alpha value is -2.25. The summed E-state index contributed by atoms with van der Waals surface area (Å²) in [7, 11) is 1.57. The lowest BCUT2D eigenvalue weighted by Crippen LogP contribution is -2.51. The number of aryl methyl sites for hydroxylation is 2. The molecule has 2 heterocycles. The largest absolute Gasteiger partial charge is 0.506 e. The fraction of sp³-hybridized carbons (Fsp3) is 0.444. The Morgan fingerprint density at radius 2 is 1.96 bits per heavy atom. The number of benzene rings is 1. The molecule has 2 aromatic rings. The summed E-state index contributed by atoms with van der Waals surface area (Å²) in [5.74, 6) is 0.322. The number of rotatable bonds is 4. The number of aromatic nitrogens is 2. The molecule has 3 rings (SSSR count). The SMILES string of the molecule is Cc1ccc(N2CCN(C(C)Nc3cnn(C)c(=O)c3Cl)CC2)c(O)c1. The summed E-state index contributed by atoms with van der Waals surface area (Å²) in [6.45, 7) is 7.28. The van der Waals surface area contributed by atoms with E-state index in [1.165, 1.54) is 4.68 Å². The number of nitrogens with zero attached hydrogens (tertiary/aromatic N) is 4. The summed E-state index contributed by atoms with van der Waals surface area (Å²) < 4.78 is 1.21. The summed E-state index contributed by atoms with van der Waals surface area (Å²) in [4.78, 5) is 16.3. The summed E-state index contributed by atoms with van der Waals surface area (Å²) >= 11 is 6.12. The third-order valence-corrected chi connectivity index (χ3v) is 5.14. The van der Waals surface area contributed by atoms with Crippen LogP contribution in [0.3, 0.4) is 0 Å². The molecule has 1 aromatic heterocycles. The van der Waals surface area contributed by atoms with E-state index in [9.17, 15) is 9.90 Å². The number of nitrogens with one attached hydrogen (secondary N) is 1. The Bertz CT molecular complexity index is 846. The predicted octanol–water partition coefficient (Wildman–Crippen LogP) is 2.03. The Labute approximate surface area is 157 Å². The first-order valence-corrected chi connectivity index (χ1v) is 9.01. The van der Waals surface area contributed by atoms with E-state index in [4.69, 9.17) is 11.6 Å². The molecule has 0 saturated carbocycles. The van der Waals surface area contributed by atoms with Gasteiger partial charge in [0.1, 0.15) is 10.8 Å². The lowest BCUT2D eigenvalue weighted by molar-refractivity contribution is 0.214. The van der Waals surface area contributed by atoms with Crippen molar-refractivity contribution in [2.24, 2.45) is 7.05 Å². The standard InChI is InChI=1S/C18H24ClN5O2/c1-12-4-5-15(16(25)10-12)24-8-6-23(7-9-24)13(2)21-14-11-20-22(3)18(26)17(14)19/h4-5,10-11,13,21,25H,6-9H2,1-3H3. The second-order valence-corrected chi connectivity index (χ2v) is 7.01. The van der Waals surface area contributed by atoms with Crippen molar-refractivity contribution in [2.75, 3.05) is 36.4 Å². The number of hydrogen-bond donors (Lipinski definition) is 2. The fourth-order valence-electron chi connectivity index (χ4n) is 3.18. The minimum atomic E-state index is -0.316. The van der Waals surface area contributed by atoms with Crippen LogP contribution in [0, 0.1) is 6.92 Å². The van der Waals surface area contributed by atoms with Crippen molar-refractivity contribution in [3.8, 4) is 5.75 Å². The molecule has 1 aliphatic heterocycles. The molecule has 1 unspecified atom stereocenters. The molecule has 1 aromatic carbocycles. The van der Waals surface area contributed by atoms with Gasteiger partial charge in [-0.15, -0.1) is 0 Å². The molecule has 1 aliphatic rings. The van der Waals surface area contributed by atoms with Crippen LogP contribution in [0.1, 0.15) is 12.5 Å². The number of phenols is 1. The number of aromatic hydroxyl groups is 1. The smallest absolute Gasteiger partial charge is 0.287 e. The van der Waals surface area contributed by atoms with E-state index in [1.54, 1.807) is 19.3 Å². The van der Waals surface area contributed by atoms with Crippen molar-refractivity contribution in [3.05, 3.63) is 45.3 Å². The van der Waals surface area contributed by atoms with Crippen LogP contribution >= 0.6 is 11.6 Å². The maximum absolute atomic E-state index is 11.9. The van der Waals surface area contributed by atoms with Gasteiger partial charge in [0.25, 0.3) is 5.56 Å². The van der Waals surface area contributed by atoms with Crippen LogP contribution < -0.4 is 15.8 Å². The average Bonchev–Trinajstić information content (AvgIpc) is 2.62. The summed E-state index contributed by atoms with van der Waals surface area (Å²) in [6.07, 6.45) is 1.58. The molecule has 0 bridgehead atoms. The first kappa shape index (κ1) is 18.5. The van der Waals surface area contributed by atoms with Crippen molar-refractivity contribution in [3.63, 3.8) is 0 Å². The highest BCUT2D eigenvalue weighted by Crippen LogP contribution is 2.29. The number of anilines is 2. The van der Waals surface area contributed by atoms with Crippen LogP contribution in [0.25, 0.3) is 0 Å². The molecule has 2 N–H and O–H groups in total. The molecule has 0 amide bonds. The maximum atomic E-state index is 11.9. The molecule has 0 aliphatic carbocycles. The monoisotopic (exact) mass is 377 g/mol. The van der Waals surface area contributed by atoms with Crippen molar-refractivity contribution in [1.29, 1.82) is 0 Å². The van der Waals surface area contributed by atoms with Gasteiger partial charge in [0.15, 0.2) is 0 Å². The second kappa shape index (κ2) is 7.55. The first-order chi connectivity index (χ1) is 12.4. The molecule has 7 nitrogen and oxygen atoms in total. The molecule has 1 saturated heterocycles. The van der Waals surface area contributed by atoms with Crippen LogP contribution in [0.5, 0.6) is 5.75 Å². The minimum Gasteiger partial charge on any atom is -0.506 e. The van der Waals surface area contributed by atoms with E-state index in [1.807, 2.05) is 26.0 Å². The predicted molar refractivity (Wildman–Crippen MR) is 104 cm³/mol. The third kappa shape index (κ3) is 3.78. The zero-order valence-corrected chi connectivity index (χ0v) is 16.0. The topological polar surface area (TPSA) is 73.6 Å². The minimum absolute atomic E-state index is 0.00942. The molecule has 0 spiro atoms. The van der Waals surface area contributed by atoms with E-state index in [0.29, 0.717) is 11.4 Å². The molecule has 8 heteroatoms. The third-order valence-electron chi connectivity index (χ3n) is 4.78. The van der Waals surface area contributed by atoms with Crippen LogP contribution in [-0.2, 0) is 7.05 Å². The molecular formula is C18H24ClN5O2.